The van der Waals surface area contributed by atoms with Gasteiger partial charge in [-0.15, -0.1) is 0 Å². The summed E-state index contributed by atoms with van der Waals surface area (Å²) in [6.45, 7) is 3.96. The lowest BCUT2D eigenvalue weighted by Gasteiger charge is -2.18. The van der Waals surface area contributed by atoms with Gasteiger partial charge in [-0.1, -0.05) is 6.92 Å². The minimum Gasteiger partial charge on any atom is -0.384 e. The topological polar surface area (TPSA) is 45.0 Å². The summed E-state index contributed by atoms with van der Waals surface area (Å²) in [5, 5.41) is 12.2. The number of rotatable bonds is 4. The van der Waals surface area contributed by atoms with Crippen molar-refractivity contribution < 1.29 is 4.74 Å². The van der Waals surface area contributed by atoms with Gasteiger partial charge in [0.15, 0.2) is 0 Å². The van der Waals surface area contributed by atoms with Crippen LogP contribution >= 0.6 is 15.9 Å². The predicted molar refractivity (Wildman–Crippen MR) is 75.5 cm³/mol. The minimum absolute atomic E-state index is 0.384. The Hall–Kier alpha value is -1.05. The molecule has 0 spiro atoms. The molecular formula is C14H17BrN2O. The van der Waals surface area contributed by atoms with Crippen molar-refractivity contribution in [3.8, 4) is 6.07 Å². The van der Waals surface area contributed by atoms with Crippen molar-refractivity contribution in [2.75, 3.05) is 18.5 Å². The Morgan fingerprint density at radius 3 is 3.06 bits per heavy atom. The Morgan fingerprint density at radius 2 is 2.39 bits per heavy atom. The first-order valence-electron chi connectivity index (χ1n) is 6.29. The van der Waals surface area contributed by atoms with E-state index in [1.165, 1.54) is 0 Å². The van der Waals surface area contributed by atoms with Gasteiger partial charge in [0.25, 0.3) is 0 Å². The lowest BCUT2D eigenvalue weighted by molar-refractivity contribution is 0.0900. The van der Waals surface area contributed by atoms with E-state index in [0.29, 0.717) is 17.6 Å². The van der Waals surface area contributed by atoms with Crippen LogP contribution < -0.4 is 5.32 Å². The summed E-state index contributed by atoms with van der Waals surface area (Å²) >= 11 is 3.48. The van der Waals surface area contributed by atoms with Crippen LogP contribution in [0.15, 0.2) is 22.7 Å². The average molecular weight is 309 g/mol. The van der Waals surface area contributed by atoms with Crippen LogP contribution in [0.3, 0.4) is 0 Å². The van der Waals surface area contributed by atoms with E-state index >= 15 is 0 Å². The summed E-state index contributed by atoms with van der Waals surface area (Å²) in [6, 6.07) is 7.74. The largest absolute Gasteiger partial charge is 0.384 e. The molecule has 3 nitrogen and oxygen atoms in total. The highest BCUT2D eigenvalue weighted by Gasteiger charge is 2.26. The van der Waals surface area contributed by atoms with Crippen molar-refractivity contribution in [2.45, 2.75) is 25.9 Å². The molecule has 2 atom stereocenters. The molecule has 0 aromatic heterocycles. The SMILES string of the molecule is CCC1OCCC1CNc1ccc(C#N)cc1Br. The number of nitrogens with zero attached hydrogens (tertiary/aromatic N) is 1. The van der Waals surface area contributed by atoms with Gasteiger partial charge >= 0.3 is 0 Å². The maximum absolute atomic E-state index is 8.81. The summed E-state index contributed by atoms with van der Waals surface area (Å²) < 4.78 is 6.61. The first-order chi connectivity index (χ1) is 8.74. The van der Waals surface area contributed by atoms with Gasteiger partial charge < -0.3 is 10.1 Å². The summed E-state index contributed by atoms with van der Waals surface area (Å²) in [5.41, 5.74) is 1.71. The van der Waals surface area contributed by atoms with Crippen LogP contribution in [0.4, 0.5) is 5.69 Å². The average Bonchev–Trinajstić information content (AvgIpc) is 2.84. The minimum atomic E-state index is 0.384. The predicted octanol–water partition coefficient (Wildman–Crippen LogP) is 3.55. The standard InChI is InChI=1S/C14H17BrN2O/c1-2-14-11(5-6-18-14)9-17-13-4-3-10(8-16)7-12(13)15/h3-4,7,11,14,17H,2,5-6,9H2,1H3. The fourth-order valence-electron chi connectivity index (χ4n) is 2.35. The zero-order valence-electron chi connectivity index (χ0n) is 10.4. The number of halogens is 1. The molecule has 0 aliphatic carbocycles. The Morgan fingerprint density at radius 1 is 1.56 bits per heavy atom. The normalized spacial score (nSPS) is 22.7. The van der Waals surface area contributed by atoms with E-state index in [9.17, 15) is 0 Å². The quantitative estimate of drug-likeness (QED) is 0.925. The summed E-state index contributed by atoms with van der Waals surface area (Å²) in [7, 11) is 0. The maximum atomic E-state index is 8.81. The smallest absolute Gasteiger partial charge is 0.0992 e. The van der Waals surface area contributed by atoms with Crippen molar-refractivity contribution in [2.24, 2.45) is 5.92 Å². The third kappa shape index (κ3) is 3.04. The fourth-order valence-corrected chi connectivity index (χ4v) is 2.87. The monoisotopic (exact) mass is 308 g/mol. The second-order valence-corrected chi connectivity index (χ2v) is 5.41. The van der Waals surface area contributed by atoms with Gasteiger partial charge in [-0.25, -0.2) is 0 Å². The van der Waals surface area contributed by atoms with E-state index in [0.717, 1.165) is 36.2 Å². The molecule has 0 bridgehead atoms. The molecule has 0 saturated carbocycles. The van der Waals surface area contributed by atoms with E-state index in [1.807, 2.05) is 18.2 Å². The van der Waals surface area contributed by atoms with Crippen molar-refractivity contribution in [1.82, 2.24) is 0 Å². The lowest BCUT2D eigenvalue weighted by atomic mass is 9.99. The first-order valence-corrected chi connectivity index (χ1v) is 7.09. The highest BCUT2D eigenvalue weighted by atomic mass is 79.9. The Kier molecular flexibility index (Phi) is 4.62. The maximum Gasteiger partial charge on any atom is 0.0992 e. The number of nitriles is 1. The second kappa shape index (κ2) is 6.21. The van der Waals surface area contributed by atoms with Crippen molar-refractivity contribution in [3.05, 3.63) is 28.2 Å². The number of nitrogens with one attached hydrogen (secondary N) is 1. The van der Waals surface area contributed by atoms with Gasteiger partial charge in [-0.2, -0.15) is 5.26 Å². The summed E-state index contributed by atoms with van der Waals surface area (Å²) in [4.78, 5) is 0. The van der Waals surface area contributed by atoms with Gasteiger partial charge in [0.05, 0.1) is 17.7 Å². The van der Waals surface area contributed by atoms with Crippen molar-refractivity contribution in [1.29, 1.82) is 5.26 Å². The molecule has 1 N–H and O–H groups in total. The van der Waals surface area contributed by atoms with Gasteiger partial charge in [0.2, 0.25) is 0 Å². The van der Waals surface area contributed by atoms with Gasteiger partial charge in [0.1, 0.15) is 0 Å². The molecule has 1 fully saturated rings. The van der Waals surface area contributed by atoms with Crippen molar-refractivity contribution >= 4 is 21.6 Å². The van der Waals surface area contributed by atoms with E-state index < -0.39 is 0 Å². The summed E-state index contributed by atoms with van der Waals surface area (Å²) in [6.07, 6.45) is 2.58. The summed E-state index contributed by atoms with van der Waals surface area (Å²) in [5.74, 6) is 0.581. The molecular weight excluding hydrogens is 292 g/mol. The van der Waals surface area contributed by atoms with Crippen LogP contribution in [-0.2, 0) is 4.74 Å². The Balaban J connectivity index is 1.96. The molecule has 0 radical (unpaired) electrons. The van der Waals surface area contributed by atoms with Crippen LogP contribution in [-0.4, -0.2) is 19.3 Å². The lowest BCUT2D eigenvalue weighted by Crippen LogP contribution is -2.22. The third-order valence-corrected chi connectivity index (χ3v) is 4.06. The van der Waals surface area contributed by atoms with Crippen LogP contribution in [0.5, 0.6) is 0 Å². The zero-order chi connectivity index (χ0) is 13.0. The van der Waals surface area contributed by atoms with E-state index in [4.69, 9.17) is 10.00 Å². The molecule has 2 rings (SSSR count). The van der Waals surface area contributed by atoms with Crippen molar-refractivity contribution in [3.63, 3.8) is 0 Å². The number of anilines is 1. The van der Waals surface area contributed by atoms with Gasteiger partial charge in [0, 0.05) is 29.2 Å². The van der Waals surface area contributed by atoms with E-state index in [-0.39, 0.29) is 0 Å². The molecule has 1 aromatic rings. The molecule has 1 saturated heterocycles. The molecule has 0 amide bonds. The van der Waals surface area contributed by atoms with Crippen LogP contribution in [0.1, 0.15) is 25.3 Å². The number of ether oxygens (including phenoxy) is 1. The molecule has 4 heteroatoms. The zero-order valence-corrected chi connectivity index (χ0v) is 12.0. The second-order valence-electron chi connectivity index (χ2n) is 4.55. The van der Waals surface area contributed by atoms with Crippen LogP contribution in [0.2, 0.25) is 0 Å². The number of hydrogen-bond donors (Lipinski definition) is 1. The molecule has 18 heavy (non-hydrogen) atoms. The number of hydrogen-bond acceptors (Lipinski definition) is 3. The highest BCUT2D eigenvalue weighted by Crippen LogP contribution is 2.27. The van der Waals surface area contributed by atoms with Crippen LogP contribution in [0, 0.1) is 17.2 Å². The molecule has 1 aliphatic rings. The van der Waals surface area contributed by atoms with Crippen LogP contribution in [0.25, 0.3) is 0 Å². The Labute approximate surface area is 116 Å². The fraction of sp³-hybridized carbons (Fsp3) is 0.500. The van der Waals surface area contributed by atoms with Gasteiger partial charge in [-0.3, -0.25) is 0 Å². The third-order valence-electron chi connectivity index (χ3n) is 3.40. The molecule has 1 aliphatic heterocycles. The molecule has 1 heterocycles. The Bertz CT molecular complexity index is 456. The van der Waals surface area contributed by atoms with E-state index in [2.05, 4.69) is 34.2 Å². The van der Waals surface area contributed by atoms with E-state index in [1.54, 1.807) is 0 Å². The number of benzene rings is 1. The molecule has 1 aromatic carbocycles. The molecule has 2 unspecified atom stereocenters. The molecule has 96 valence electrons. The van der Waals surface area contributed by atoms with Gasteiger partial charge in [-0.05, 0) is 47.0 Å². The highest BCUT2D eigenvalue weighted by molar-refractivity contribution is 9.10. The first kappa shape index (κ1) is 13.4.